The van der Waals surface area contributed by atoms with E-state index in [9.17, 15) is 4.79 Å². The van der Waals surface area contributed by atoms with Crippen LogP contribution in [0.1, 0.15) is 135 Å². The van der Waals surface area contributed by atoms with E-state index in [0.717, 1.165) is 12.8 Å². The third-order valence-corrected chi connectivity index (χ3v) is 4.99. The van der Waals surface area contributed by atoms with E-state index >= 15 is 0 Å². The largest absolute Gasteiger partial charge is 0.481 e. The van der Waals surface area contributed by atoms with Crippen molar-refractivity contribution in [3.05, 3.63) is 0 Å². The number of carboxylic acids is 1. The van der Waals surface area contributed by atoms with E-state index in [2.05, 4.69) is 6.92 Å². The van der Waals surface area contributed by atoms with Crippen LogP contribution in [0.2, 0.25) is 0 Å². The number of hydrogen-bond acceptors (Lipinski definition) is 1. The summed E-state index contributed by atoms with van der Waals surface area (Å²) in [4.78, 5) is 10.4. The fraction of sp³-hybridized carbons (Fsp3) is 0.955. The molecule has 0 unspecified atom stereocenters. The molecule has 0 aromatic heterocycles. The van der Waals surface area contributed by atoms with Gasteiger partial charge in [0.2, 0.25) is 0 Å². The minimum absolute atomic E-state index is 0. The molecule has 26 heavy (non-hydrogen) atoms. The van der Waals surface area contributed by atoms with E-state index in [0.29, 0.717) is 6.42 Å². The van der Waals surface area contributed by atoms with Crippen molar-refractivity contribution in [2.24, 2.45) is 0 Å². The normalized spacial score (nSPS) is 10.2. The first kappa shape index (κ1) is 31.7. The molecule has 0 aromatic rings. The standard InChI is InChI=1S/C22H44O2.Ag.Mg.2H/c1-2-3-4-5-6-7-8-9-10-11-12-13-14-15-16-17-18-19-20-21-22(23)24;;;;/h2-21H2,1H3,(H,23,24);;;;. The minimum Gasteiger partial charge on any atom is -0.481 e. The average molecular weight is 475 g/mol. The van der Waals surface area contributed by atoms with Gasteiger partial charge in [0, 0.05) is 28.8 Å². The van der Waals surface area contributed by atoms with Crippen molar-refractivity contribution in [1.29, 1.82) is 0 Å². The predicted molar refractivity (Wildman–Crippen MR) is 114 cm³/mol. The molecule has 0 amide bonds. The average Bonchev–Trinajstić information content (AvgIpc) is 2.56. The van der Waals surface area contributed by atoms with E-state index in [1.54, 1.807) is 0 Å². The predicted octanol–water partition coefficient (Wildman–Crippen LogP) is 6.97. The van der Waals surface area contributed by atoms with Gasteiger partial charge < -0.3 is 5.11 Å². The van der Waals surface area contributed by atoms with E-state index in [-0.39, 0.29) is 45.4 Å². The summed E-state index contributed by atoms with van der Waals surface area (Å²) in [6.07, 6.45) is 26.1. The summed E-state index contributed by atoms with van der Waals surface area (Å²) in [6.45, 7) is 2.28. The maximum absolute atomic E-state index is 10.4. The Bertz CT molecular complexity index is 263. The van der Waals surface area contributed by atoms with Crippen molar-refractivity contribution in [3.63, 3.8) is 0 Å². The van der Waals surface area contributed by atoms with E-state index in [1.807, 2.05) is 0 Å². The minimum atomic E-state index is -0.651. The molecule has 1 N–H and O–H groups in total. The van der Waals surface area contributed by atoms with Crippen molar-refractivity contribution < 1.29 is 32.3 Å². The van der Waals surface area contributed by atoms with Crippen LogP contribution in [0.4, 0.5) is 0 Å². The Labute approximate surface area is 195 Å². The Morgan fingerprint density at radius 1 is 0.538 bits per heavy atom. The molecule has 0 aliphatic heterocycles. The third-order valence-electron chi connectivity index (χ3n) is 4.99. The fourth-order valence-electron chi connectivity index (χ4n) is 3.35. The third kappa shape index (κ3) is 29.7. The molecule has 0 saturated heterocycles. The maximum atomic E-state index is 10.4. The smallest absolute Gasteiger partial charge is 0.316 e. The molecular formula is C22H46AgMgO2. The molecule has 1 radical (unpaired) electrons. The molecule has 0 aliphatic rings. The van der Waals surface area contributed by atoms with Crippen LogP contribution in [0, 0.1) is 0 Å². The Morgan fingerprint density at radius 3 is 1.00 bits per heavy atom. The number of aliphatic carboxylic acids is 1. The van der Waals surface area contributed by atoms with Gasteiger partial charge in [-0.1, -0.05) is 122 Å². The molecule has 0 fully saturated rings. The van der Waals surface area contributed by atoms with Gasteiger partial charge in [-0.25, -0.2) is 0 Å². The van der Waals surface area contributed by atoms with Gasteiger partial charge in [0.15, 0.2) is 0 Å². The topological polar surface area (TPSA) is 37.3 Å². The summed E-state index contributed by atoms with van der Waals surface area (Å²) >= 11 is 0. The summed E-state index contributed by atoms with van der Waals surface area (Å²) in [5, 5.41) is 8.56. The Kier molecular flexibility index (Phi) is 34.3. The maximum Gasteiger partial charge on any atom is 0.316 e. The monoisotopic (exact) mass is 473 g/mol. The van der Waals surface area contributed by atoms with Gasteiger partial charge >= 0.3 is 29.0 Å². The van der Waals surface area contributed by atoms with Crippen LogP contribution >= 0.6 is 0 Å². The van der Waals surface area contributed by atoms with Crippen molar-refractivity contribution in [2.45, 2.75) is 135 Å². The van der Waals surface area contributed by atoms with Gasteiger partial charge in [0.1, 0.15) is 0 Å². The van der Waals surface area contributed by atoms with Gasteiger partial charge in [-0.05, 0) is 6.42 Å². The summed E-state index contributed by atoms with van der Waals surface area (Å²) in [6, 6.07) is 0. The van der Waals surface area contributed by atoms with Crippen molar-refractivity contribution in [2.75, 3.05) is 0 Å². The molecule has 0 atom stereocenters. The van der Waals surface area contributed by atoms with Crippen molar-refractivity contribution >= 4 is 29.0 Å². The molecule has 4 heteroatoms. The first-order chi connectivity index (χ1) is 11.8. The second kappa shape index (κ2) is 28.2. The Morgan fingerprint density at radius 2 is 0.769 bits per heavy atom. The van der Waals surface area contributed by atoms with E-state index in [4.69, 9.17) is 5.11 Å². The molecule has 0 saturated carbocycles. The molecule has 0 rings (SSSR count). The zero-order chi connectivity index (χ0) is 17.7. The van der Waals surface area contributed by atoms with Gasteiger partial charge in [-0.15, -0.1) is 0 Å². The van der Waals surface area contributed by atoms with Gasteiger partial charge in [0.25, 0.3) is 0 Å². The number of hydrogen-bond donors (Lipinski definition) is 1. The summed E-state index contributed by atoms with van der Waals surface area (Å²) < 4.78 is 0. The number of rotatable bonds is 20. The van der Waals surface area contributed by atoms with Crippen molar-refractivity contribution in [3.8, 4) is 0 Å². The molecule has 159 valence electrons. The van der Waals surface area contributed by atoms with Gasteiger partial charge in [-0.2, -0.15) is 0 Å². The van der Waals surface area contributed by atoms with Crippen LogP contribution in [0.15, 0.2) is 0 Å². The molecule has 0 heterocycles. The molecule has 0 bridgehead atoms. The molecule has 0 aliphatic carbocycles. The summed E-state index contributed by atoms with van der Waals surface area (Å²) in [5.74, 6) is -0.651. The first-order valence-corrected chi connectivity index (χ1v) is 11.0. The Balaban J connectivity index is -0.00000264. The summed E-state index contributed by atoms with van der Waals surface area (Å²) in [7, 11) is 0. The summed E-state index contributed by atoms with van der Waals surface area (Å²) in [5.41, 5.74) is 0. The van der Waals surface area contributed by atoms with Crippen LogP contribution in [-0.4, -0.2) is 34.1 Å². The Hall–Kier alpha value is 0.976. The molecule has 0 aromatic carbocycles. The van der Waals surface area contributed by atoms with E-state index < -0.39 is 5.97 Å². The molecule has 2 nitrogen and oxygen atoms in total. The van der Waals surface area contributed by atoms with Crippen molar-refractivity contribution in [1.82, 2.24) is 0 Å². The fourth-order valence-corrected chi connectivity index (χ4v) is 3.35. The van der Waals surface area contributed by atoms with Crippen LogP contribution in [0.25, 0.3) is 0 Å². The second-order valence-corrected chi connectivity index (χ2v) is 7.51. The SMILES string of the molecule is CCCCCCCCCCCCCCCCCCCCCC(=O)O.[Ag].[MgH2]. The zero-order valence-corrected chi connectivity index (χ0v) is 18.3. The van der Waals surface area contributed by atoms with Crippen LogP contribution in [0.3, 0.4) is 0 Å². The number of unbranched alkanes of at least 4 members (excludes halogenated alkanes) is 18. The van der Waals surface area contributed by atoms with Crippen LogP contribution < -0.4 is 0 Å². The second-order valence-electron chi connectivity index (χ2n) is 7.51. The quantitative estimate of drug-likeness (QED) is 0.153. The number of carboxylic acid groups (broad SMARTS) is 1. The molecule has 0 spiro atoms. The zero-order valence-electron chi connectivity index (χ0n) is 16.8. The molecular weight excluding hydrogens is 428 g/mol. The van der Waals surface area contributed by atoms with Crippen LogP contribution in [-0.2, 0) is 27.2 Å². The van der Waals surface area contributed by atoms with Gasteiger partial charge in [0.05, 0.1) is 0 Å². The number of carbonyl (C=O) groups is 1. The van der Waals surface area contributed by atoms with E-state index in [1.165, 1.54) is 109 Å². The first-order valence-electron chi connectivity index (χ1n) is 11.0. The van der Waals surface area contributed by atoms with Gasteiger partial charge in [-0.3, -0.25) is 4.79 Å². The van der Waals surface area contributed by atoms with Crippen LogP contribution in [0.5, 0.6) is 0 Å².